The van der Waals surface area contributed by atoms with Crippen LogP contribution in [0.3, 0.4) is 0 Å². The zero-order valence-electron chi connectivity index (χ0n) is 12.4. The molecule has 0 aliphatic heterocycles. The van der Waals surface area contributed by atoms with E-state index in [9.17, 15) is 8.42 Å². The van der Waals surface area contributed by atoms with Crippen molar-refractivity contribution in [2.75, 3.05) is 18.0 Å². The molecule has 0 bridgehead atoms. The zero-order chi connectivity index (χ0) is 17.0. The number of sulfonamides is 1. The van der Waals surface area contributed by atoms with Crippen LogP contribution in [0.4, 0.5) is 5.69 Å². The minimum Gasteiger partial charge on any atom is -0.495 e. The summed E-state index contributed by atoms with van der Waals surface area (Å²) in [5, 5.41) is 0.545. The third kappa shape index (κ3) is 3.63. The van der Waals surface area contributed by atoms with Crippen molar-refractivity contribution in [3.63, 3.8) is 0 Å². The van der Waals surface area contributed by atoms with Gasteiger partial charge in [-0.15, -0.1) is 6.58 Å². The lowest BCUT2D eigenvalue weighted by molar-refractivity contribution is 0.414. The summed E-state index contributed by atoms with van der Waals surface area (Å²) < 4.78 is 32.1. The number of hydrogen-bond donors (Lipinski definition) is 0. The van der Waals surface area contributed by atoms with E-state index < -0.39 is 10.0 Å². The maximum absolute atomic E-state index is 12.9. The summed E-state index contributed by atoms with van der Waals surface area (Å²) in [4.78, 5) is 0.0464. The smallest absolute Gasteiger partial charge is 0.264 e. The first-order chi connectivity index (χ1) is 10.9. The largest absolute Gasteiger partial charge is 0.495 e. The van der Waals surface area contributed by atoms with Crippen molar-refractivity contribution in [2.24, 2.45) is 0 Å². The molecule has 0 heterocycles. The highest BCUT2D eigenvalue weighted by atomic mass is 35.5. The van der Waals surface area contributed by atoms with Crippen molar-refractivity contribution < 1.29 is 13.2 Å². The molecule has 0 aliphatic rings. The molecule has 0 aromatic heterocycles. The van der Waals surface area contributed by atoms with E-state index in [4.69, 9.17) is 27.9 Å². The van der Waals surface area contributed by atoms with Crippen LogP contribution in [0.15, 0.2) is 60.0 Å². The van der Waals surface area contributed by atoms with E-state index in [2.05, 4.69) is 6.58 Å². The summed E-state index contributed by atoms with van der Waals surface area (Å²) in [6, 6.07) is 11.0. The number of benzene rings is 2. The van der Waals surface area contributed by atoms with Crippen molar-refractivity contribution in [3.05, 3.63) is 65.2 Å². The highest BCUT2D eigenvalue weighted by Gasteiger charge is 2.26. The topological polar surface area (TPSA) is 46.6 Å². The highest BCUT2D eigenvalue weighted by Crippen LogP contribution is 2.33. The van der Waals surface area contributed by atoms with Crippen LogP contribution in [0.1, 0.15) is 0 Å². The van der Waals surface area contributed by atoms with E-state index in [0.29, 0.717) is 16.5 Å². The Morgan fingerprint density at radius 2 is 1.87 bits per heavy atom. The summed E-state index contributed by atoms with van der Waals surface area (Å²) in [6.07, 6.45) is 1.49. The Morgan fingerprint density at radius 1 is 1.17 bits per heavy atom. The van der Waals surface area contributed by atoms with Crippen molar-refractivity contribution >= 4 is 38.9 Å². The molecule has 0 radical (unpaired) electrons. The van der Waals surface area contributed by atoms with Crippen LogP contribution in [0.5, 0.6) is 5.75 Å². The van der Waals surface area contributed by atoms with Gasteiger partial charge in [-0.05, 0) is 30.3 Å². The predicted octanol–water partition coefficient (Wildman–Crippen LogP) is 4.38. The van der Waals surface area contributed by atoms with Gasteiger partial charge < -0.3 is 4.74 Å². The molecule has 0 N–H and O–H groups in total. The number of ether oxygens (including phenoxy) is 1. The SMILES string of the molecule is C=CCN(c1ccccc1Cl)S(=O)(=O)c1ccc(OC)c(Cl)c1. The highest BCUT2D eigenvalue weighted by molar-refractivity contribution is 7.92. The number of nitrogens with zero attached hydrogens (tertiary/aromatic N) is 1. The number of rotatable bonds is 6. The van der Waals surface area contributed by atoms with Crippen LogP contribution >= 0.6 is 23.2 Å². The fraction of sp³-hybridized carbons (Fsp3) is 0.125. The second-order valence-electron chi connectivity index (χ2n) is 4.57. The molecule has 23 heavy (non-hydrogen) atoms. The van der Waals surface area contributed by atoms with Crippen LogP contribution in [0.2, 0.25) is 10.0 Å². The Bertz CT molecular complexity index is 822. The molecule has 122 valence electrons. The standard InChI is InChI=1S/C16H15Cl2NO3S/c1-3-10-19(15-7-5-4-6-13(15)17)23(20,21)12-8-9-16(22-2)14(18)11-12/h3-9,11H,1,10H2,2H3. The third-order valence-corrected chi connectivity index (χ3v) is 5.52. The molecule has 0 atom stereocenters. The minimum atomic E-state index is -3.85. The average molecular weight is 372 g/mol. The Balaban J connectivity index is 2.56. The van der Waals surface area contributed by atoms with Crippen molar-refractivity contribution in [2.45, 2.75) is 4.90 Å². The number of halogens is 2. The maximum atomic E-state index is 12.9. The molecule has 0 aliphatic carbocycles. The van der Waals surface area contributed by atoms with E-state index in [1.54, 1.807) is 24.3 Å². The lowest BCUT2D eigenvalue weighted by atomic mass is 10.3. The Morgan fingerprint density at radius 3 is 2.43 bits per heavy atom. The molecule has 0 unspecified atom stereocenters. The number of anilines is 1. The van der Waals surface area contributed by atoms with Crippen LogP contribution in [0, 0.1) is 0 Å². The van der Waals surface area contributed by atoms with E-state index >= 15 is 0 Å². The number of para-hydroxylation sites is 1. The van der Waals surface area contributed by atoms with E-state index in [1.807, 2.05) is 0 Å². The van der Waals surface area contributed by atoms with Gasteiger partial charge in [-0.1, -0.05) is 41.4 Å². The van der Waals surface area contributed by atoms with Gasteiger partial charge in [0.2, 0.25) is 0 Å². The van der Waals surface area contributed by atoms with E-state index in [-0.39, 0.29) is 16.5 Å². The van der Waals surface area contributed by atoms with Gasteiger partial charge in [0, 0.05) is 0 Å². The Kier molecular flexibility index (Phi) is 5.57. The molecular weight excluding hydrogens is 357 g/mol. The van der Waals surface area contributed by atoms with Crippen LogP contribution in [-0.2, 0) is 10.0 Å². The van der Waals surface area contributed by atoms with Gasteiger partial charge in [0.25, 0.3) is 10.0 Å². The van der Waals surface area contributed by atoms with Gasteiger partial charge >= 0.3 is 0 Å². The average Bonchev–Trinajstić information content (AvgIpc) is 2.53. The molecule has 0 amide bonds. The quantitative estimate of drug-likeness (QED) is 0.707. The van der Waals surface area contributed by atoms with Crippen LogP contribution < -0.4 is 9.04 Å². The molecular formula is C16H15Cl2NO3S. The van der Waals surface area contributed by atoms with Gasteiger partial charge in [0.1, 0.15) is 5.75 Å². The fourth-order valence-corrected chi connectivity index (χ4v) is 4.12. The zero-order valence-corrected chi connectivity index (χ0v) is 14.7. The normalized spacial score (nSPS) is 11.1. The van der Waals surface area contributed by atoms with Crippen molar-refractivity contribution in [1.29, 1.82) is 0 Å². The monoisotopic (exact) mass is 371 g/mol. The summed E-state index contributed by atoms with van der Waals surface area (Å²) in [6.45, 7) is 3.69. The van der Waals surface area contributed by atoms with Crippen molar-refractivity contribution in [1.82, 2.24) is 0 Å². The molecule has 0 saturated carbocycles. The predicted molar refractivity (Wildman–Crippen MR) is 94.2 cm³/mol. The number of hydrogen-bond acceptors (Lipinski definition) is 3. The van der Waals surface area contributed by atoms with Gasteiger partial charge in [0.15, 0.2) is 0 Å². The number of methoxy groups -OCH3 is 1. The first kappa shape index (κ1) is 17.7. The Labute approximate surface area is 145 Å². The van der Waals surface area contributed by atoms with Gasteiger partial charge in [-0.2, -0.15) is 0 Å². The van der Waals surface area contributed by atoms with Gasteiger partial charge in [-0.25, -0.2) is 8.42 Å². The first-order valence-corrected chi connectivity index (χ1v) is 8.83. The van der Waals surface area contributed by atoms with Gasteiger partial charge in [0.05, 0.1) is 34.3 Å². The van der Waals surface area contributed by atoms with E-state index in [0.717, 1.165) is 0 Å². The summed E-state index contributed by atoms with van der Waals surface area (Å²) >= 11 is 12.2. The third-order valence-electron chi connectivity index (χ3n) is 3.13. The summed E-state index contributed by atoms with van der Waals surface area (Å²) in [5.41, 5.74) is 0.376. The van der Waals surface area contributed by atoms with Gasteiger partial charge in [-0.3, -0.25) is 4.31 Å². The van der Waals surface area contributed by atoms with Crippen LogP contribution in [-0.4, -0.2) is 22.1 Å². The summed E-state index contributed by atoms with van der Waals surface area (Å²) in [5.74, 6) is 0.402. The summed E-state index contributed by atoms with van der Waals surface area (Å²) in [7, 11) is -2.39. The van der Waals surface area contributed by atoms with Crippen molar-refractivity contribution in [3.8, 4) is 5.75 Å². The first-order valence-electron chi connectivity index (χ1n) is 6.63. The molecule has 7 heteroatoms. The minimum absolute atomic E-state index is 0.0464. The Hall–Kier alpha value is -1.69. The molecule has 0 spiro atoms. The molecule has 2 aromatic carbocycles. The molecule has 2 aromatic rings. The second-order valence-corrected chi connectivity index (χ2v) is 7.25. The molecule has 4 nitrogen and oxygen atoms in total. The van der Waals surface area contributed by atoms with Crippen LogP contribution in [0.25, 0.3) is 0 Å². The molecule has 2 rings (SSSR count). The van der Waals surface area contributed by atoms with E-state index in [1.165, 1.54) is 35.7 Å². The maximum Gasteiger partial charge on any atom is 0.264 e. The second kappa shape index (κ2) is 7.25. The molecule has 0 saturated heterocycles. The lowest BCUT2D eigenvalue weighted by Crippen LogP contribution is -2.31. The fourth-order valence-electron chi connectivity index (χ4n) is 2.03. The lowest BCUT2D eigenvalue weighted by Gasteiger charge is -2.24. The molecule has 0 fully saturated rings.